The van der Waals surface area contributed by atoms with Gasteiger partial charge in [0, 0.05) is 16.1 Å². The van der Waals surface area contributed by atoms with Crippen LogP contribution in [0.1, 0.15) is 15.9 Å². The second-order valence-electron chi connectivity index (χ2n) is 3.81. The Morgan fingerprint density at radius 1 is 1.16 bits per heavy atom. The van der Waals surface area contributed by atoms with Crippen LogP contribution in [0, 0.1) is 7.14 Å². The van der Waals surface area contributed by atoms with Gasteiger partial charge in [-0.3, -0.25) is 4.79 Å². The Morgan fingerprint density at radius 3 is 2.37 bits per heavy atom. The number of hydrogen-bond donors (Lipinski definition) is 0. The number of hydrogen-bond acceptors (Lipinski definition) is 2. The number of carbonyl (C=O) groups excluding carboxylic acids is 1. The molecule has 0 aliphatic heterocycles. The lowest BCUT2D eigenvalue weighted by molar-refractivity contribution is 0.112. The summed E-state index contributed by atoms with van der Waals surface area (Å²) in [7, 11) is 0. The molecular weight excluding hydrogens is 489 g/mol. The van der Waals surface area contributed by atoms with Crippen molar-refractivity contribution in [1.82, 2.24) is 0 Å². The zero-order valence-corrected chi connectivity index (χ0v) is 14.8. The zero-order valence-electron chi connectivity index (χ0n) is 9.70. The molecule has 0 aliphatic rings. The number of carbonyl (C=O) groups is 1. The molecule has 0 aromatic heterocycles. The minimum absolute atomic E-state index is 0.409. The van der Waals surface area contributed by atoms with Crippen LogP contribution in [-0.4, -0.2) is 6.29 Å². The molecule has 0 amide bonds. The van der Waals surface area contributed by atoms with Crippen molar-refractivity contribution in [3.8, 4) is 5.75 Å². The van der Waals surface area contributed by atoms with Crippen LogP contribution in [0.4, 0.5) is 0 Å². The highest BCUT2D eigenvalue weighted by atomic mass is 127. The maximum atomic E-state index is 10.8. The molecule has 0 saturated carbocycles. The van der Waals surface area contributed by atoms with Crippen LogP contribution in [0.25, 0.3) is 0 Å². The van der Waals surface area contributed by atoms with Crippen LogP contribution in [0.3, 0.4) is 0 Å². The van der Waals surface area contributed by atoms with E-state index in [2.05, 4.69) is 45.2 Å². The fourth-order valence-electron chi connectivity index (χ4n) is 1.55. The van der Waals surface area contributed by atoms with E-state index < -0.39 is 0 Å². The van der Waals surface area contributed by atoms with Crippen molar-refractivity contribution in [2.45, 2.75) is 6.61 Å². The van der Waals surface area contributed by atoms with Gasteiger partial charge in [-0.25, -0.2) is 0 Å². The van der Waals surface area contributed by atoms with Gasteiger partial charge in [0.05, 0.1) is 7.14 Å². The molecule has 0 unspecified atom stereocenters. The minimum atomic E-state index is 0.409. The lowest BCUT2D eigenvalue weighted by Crippen LogP contribution is -2.00. The second kappa shape index (κ2) is 6.90. The van der Waals surface area contributed by atoms with E-state index in [4.69, 9.17) is 16.3 Å². The van der Waals surface area contributed by atoms with E-state index in [1.807, 2.05) is 24.3 Å². The molecule has 0 radical (unpaired) electrons. The summed E-state index contributed by atoms with van der Waals surface area (Å²) in [6, 6.07) is 11.2. The van der Waals surface area contributed by atoms with Gasteiger partial charge in [0.25, 0.3) is 0 Å². The first-order valence-electron chi connectivity index (χ1n) is 5.42. The molecular formula is C14H9ClI2O2. The van der Waals surface area contributed by atoms with E-state index in [9.17, 15) is 4.79 Å². The predicted molar refractivity (Wildman–Crippen MR) is 93.0 cm³/mol. The van der Waals surface area contributed by atoms with Gasteiger partial charge < -0.3 is 4.74 Å². The summed E-state index contributed by atoms with van der Waals surface area (Å²) in [5.74, 6) is 0.784. The van der Waals surface area contributed by atoms with Gasteiger partial charge in [-0.2, -0.15) is 0 Å². The lowest BCUT2D eigenvalue weighted by atomic mass is 10.2. The molecule has 0 spiro atoms. The van der Waals surface area contributed by atoms with Crippen molar-refractivity contribution in [2.75, 3.05) is 0 Å². The van der Waals surface area contributed by atoms with Gasteiger partial charge in [0.1, 0.15) is 18.6 Å². The largest absolute Gasteiger partial charge is 0.487 e. The van der Waals surface area contributed by atoms with Gasteiger partial charge in [0.2, 0.25) is 0 Å². The molecule has 2 aromatic rings. The summed E-state index contributed by atoms with van der Waals surface area (Å²) in [6.45, 7) is 0.409. The topological polar surface area (TPSA) is 26.3 Å². The number of aldehydes is 1. The standard InChI is InChI=1S/C14H9ClI2O2/c15-11-4-2-1-3-10(11)8-19-14-12(16)5-9(7-18)6-13(14)17/h1-7H,8H2. The van der Waals surface area contributed by atoms with Crippen LogP contribution in [-0.2, 0) is 6.61 Å². The van der Waals surface area contributed by atoms with Gasteiger partial charge in [0.15, 0.2) is 0 Å². The first-order chi connectivity index (χ1) is 9.11. The fraction of sp³-hybridized carbons (Fsp3) is 0.0714. The summed E-state index contributed by atoms with van der Waals surface area (Å²) in [5.41, 5.74) is 1.59. The van der Waals surface area contributed by atoms with Gasteiger partial charge >= 0.3 is 0 Å². The molecule has 0 atom stereocenters. The van der Waals surface area contributed by atoms with Crippen molar-refractivity contribution in [3.05, 3.63) is 59.7 Å². The SMILES string of the molecule is O=Cc1cc(I)c(OCc2ccccc2Cl)c(I)c1. The van der Waals surface area contributed by atoms with Crippen molar-refractivity contribution in [2.24, 2.45) is 0 Å². The minimum Gasteiger partial charge on any atom is -0.487 e. The Morgan fingerprint density at radius 2 is 1.79 bits per heavy atom. The summed E-state index contributed by atoms with van der Waals surface area (Å²) in [4.78, 5) is 10.8. The average Bonchev–Trinajstić information content (AvgIpc) is 2.39. The Labute approximate surface area is 143 Å². The van der Waals surface area contributed by atoms with E-state index in [1.165, 1.54) is 0 Å². The predicted octanol–water partition coefficient (Wildman–Crippen LogP) is 4.94. The van der Waals surface area contributed by atoms with E-state index in [0.717, 1.165) is 24.7 Å². The normalized spacial score (nSPS) is 10.3. The van der Waals surface area contributed by atoms with Crippen LogP contribution in [0.15, 0.2) is 36.4 Å². The molecule has 0 heterocycles. The van der Waals surface area contributed by atoms with Crippen molar-refractivity contribution in [3.63, 3.8) is 0 Å². The number of benzene rings is 2. The van der Waals surface area contributed by atoms with E-state index in [1.54, 1.807) is 12.1 Å². The smallest absolute Gasteiger partial charge is 0.150 e. The molecule has 2 aromatic carbocycles. The number of ether oxygens (including phenoxy) is 1. The molecule has 5 heteroatoms. The van der Waals surface area contributed by atoms with Gasteiger partial charge in [-0.05, 0) is 63.4 Å². The Kier molecular flexibility index (Phi) is 5.47. The molecule has 2 rings (SSSR count). The zero-order chi connectivity index (χ0) is 13.8. The molecule has 0 fully saturated rings. The molecule has 0 N–H and O–H groups in total. The Bertz CT molecular complexity index is 591. The third kappa shape index (κ3) is 3.82. The molecule has 98 valence electrons. The van der Waals surface area contributed by atoms with Gasteiger partial charge in [-0.1, -0.05) is 29.8 Å². The maximum Gasteiger partial charge on any atom is 0.150 e. The first kappa shape index (κ1) is 15.1. The lowest BCUT2D eigenvalue weighted by Gasteiger charge is -2.11. The fourth-order valence-corrected chi connectivity index (χ4v) is 3.87. The monoisotopic (exact) mass is 498 g/mol. The summed E-state index contributed by atoms with van der Waals surface area (Å²) < 4.78 is 7.65. The highest BCUT2D eigenvalue weighted by molar-refractivity contribution is 14.1. The van der Waals surface area contributed by atoms with Gasteiger partial charge in [-0.15, -0.1) is 0 Å². The molecule has 0 aliphatic carbocycles. The molecule has 19 heavy (non-hydrogen) atoms. The van der Waals surface area contributed by atoms with Crippen molar-refractivity contribution >= 4 is 63.1 Å². The van der Waals surface area contributed by atoms with E-state index in [0.29, 0.717) is 17.2 Å². The summed E-state index contributed by atoms with van der Waals surface area (Å²) >= 11 is 10.4. The van der Waals surface area contributed by atoms with E-state index in [-0.39, 0.29) is 0 Å². The number of halogens is 3. The summed E-state index contributed by atoms with van der Waals surface area (Å²) in [6.07, 6.45) is 0.835. The Hall–Kier alpha value is -0.340. The highest BCUT2D eigenvalue weighted by Crippen LogP contribution is 2.29. The average molecular weight is 498 g/mol. The molecule has 2 nitrogen and oxygen atoms in total. The first-order valence-corrected chi connectivity index (χ1v) is 7.96. The van der Waals surface area contributed by atoms with Crippen LogP contribution in [0.2, 0.25) is 5.02 Å². The van der Waals surface area contributed by atoms with Crippen LogP contribution >= 0.6 is 56.8 Å². The molecule has 0 saturated heterocycles. The van der Waals surface area contributed by atoms with Crippen molar-refractivity contribution in [1.29, 1.82) is 0 Å². The Balaban J connectivity index is 2.21. The van der Waals surface area contributed by atoms with Crippen molar-refractivity contribution < 1.29 is 9.53 Å². The quantitative estimate of drug-likeness (QED) is 0.441. The molecule has 0 bridgehead atoms. The van der Waals surface area contributed by atoms with Crippen LogP contribution in [0.5, 0.6) is 5.75 Å². The second-order valence-corrected chi connectivity index (χ2v) is 6.54. The third-order valence-electron chi connectivity index (χ3n) is 2.49. The third-order valence-corrected chi connectivity index (χ3v) is 4.46. The summed E-state index contributed by atoms with van der Waals surface area (Å²) in [5, 5.41) is 0.692. The van der Waals surface area contributed by atoms with Crippen LogP contribution < -0.4 is 4.74 Å². The van der Waals surface area contributed by atoms with E-state index >= 15 is 0 Å². The highest BCUT2D eigenvalue weighted by Gasteiger charge is 2.09. The maximum absolute atomic E-state index is 10.8. The number of rotatable bonds is 4.